The Balaban J connectivity index is 1.58. The number of ether oxygens (including phenoxy) is 1. The highest BCUT2D eigenvalue weighted by atomic mass is 16.5. The molecular formula is C13H25N3O2. The molecule has 1 amide bonds. The Kier molecular flexibility index (Phi) is 4.97. The summed E-state index contributed by atoms with van der Waals surface area (Å²) in [6.45, 7) is 8.19. The van der Waals surface area contributed by atoms with Crippen LogP contribution in [0, 0.1) is 0 Å². The van der Waals surface area contributed by atoms with Crippen molar-refractivity contribution >= 4 is 5.91 Å². The predicted molar refractivity (Wildman–Crippen MR) is 70.5 cm³/mol. The van der Waals surface area contributed by atoms with Gasteiger partial charge in [0.1, 0.15) is 0 Å². The van der Waals surface area contributed by atoms with Crippen molar-refractivity contribution in [3.05, 3.63) is 0 Å². The molecule has 2 saturated heterocycles. The van der Waals surface area contributed by atoms with Crippen molar-refractivity contribution in [2.24, 2.45) is 0 Å². The molecule has 5 heteroatoms. The Hall–Kier alpha value is -0.650. The molecule has 0 aromatic carbocycles. The van der Waals surface area contributed by atoms with Crippen LogP contribution >= 0.6 is 0 Å². The van der Waals surface area contributed by atoms with Gasteiger partial charge in [-0.05, 0) is 32.9 Å². The molecule has 2 aliphatic rings. The van der Waals surface area contributed by atoms with Crippen molar-refractivity contribution in [2.75, 3.05) is 45.9 Å². The summed E-state index contributed by atoms with van der Waals surface area (Å²) in [4.78, 5) is 13.8. The first-order chi connectivity index (χ1) is 8.70. The number of morpholine rings is 1. The molecule has 2 N–H and O–H groups in total. The van der Waals surface area contributed by atoms with Crippen molar-refractivity contribution in [3.63, 3.8) is 0 Å². The first-order valence-electron chi connectivity index (χ1n) is 7.01. The van der Waals surface area contributed by atoms with Gasteiger partial charge in [-0.1, -0.05) is 0 Å². The lowest BCUT2D eigenvalue weighted by molar-refractivity contribution is -0.135. The summed E-state index contributed by atoms with van der Waals surface area (Å²) >= 11 is 0. The van der Waals surface area contributed by atoms with Crippen molar-refractivity contribution in [2.45, 2.75) is 31.7 Å². The number of carbonyl (C=O) groups excluding carboxylic acids is 1. The Morgan fingerprint density at radius 3 is 2.89 bits per heavy atom. The number of amides is 1. The Labute approximate surface area is 109 Å². The summed E-state index contributed by atoms with van der Waals surface area (Å²) in [5, 5.41) is 6.92. The van der Waals surface area contributed by atoms with E-state index < -0.39 is 0 Å². The molecular weight excluding hydrogens is 230 g/mol. The smallest absolute Gasteiger partial charge is 0.222 e. The molecule has 2 heterocycles. The quantitative estimate of drug-likeness (QED) is 0.677. The Morgan fingerprint density at radius 1 is 1.44 bits per heavy atom. The van der Waals surface area contributed by atoms with Gasteiger partial charge in [0, 0.05) is 31.6 Å². The fourth-order valence-corrected chi connectivity index (χ4v) is 2.57. The number of carbonyl (C=O) groups is 1. The van der Waals surface area contributed by atoms with E-state index in [0.717, 1.165) is 39.1 Å². The average Bonchev–Trinajstić information content (AvgIpc) is 2.83. The summed E-state index contributed by atoms with van der Waals surface area (Å²) in [6, 6.07) is 0. The number of hydrogen-bond acceptors (Lipinski definition) is 4. The predicted octanol–water partition coefficient (Wildman–Crippen LogP) is -0.0330. The minimum Gasteiger partial charge on any atom is -0.378 e. The van der Waals surface area contributed by atoms with Gasteiger partial charge >= 0.3 is 0 Å². The van der Waals surface area contributed by atoms with Gasteiger partial charge in [0.25, 0.3) is 0 Å². The highest BCUT2D eigenvalue weighted by Gasteiger charge is 2.27. The molecule has 1 unspecified atom stereocenters. The number of nitrogens with zero attached hydrogens (tertiary/aromatic N) is 1. The van der Waals surface area contributed by atoms with E-state index in [-0.39, 0.29) is 11.4 Å². The van der Waals surface area contributed by atoms with Crippen molar-refractivity contribution in [3.8, 4) is 0 Å². The lowest BCUT2D eigenvalue weighted by Crippen LogP contribution is -2.45. The summed E-state index contributed by atoms with van der Waals surface area (Å²) in [7, 11) is 0. The monoisotopic (exact) mass is 255 g/mol. The standard InChI is InChI=1S/C13H25N3O2/c1-13(4-6-14-11-13)15-5-2-3-12(17)16-7-9-18-10-8-16/h14-15H,2-11H2,1H3. The van der Waals surface area contributed by atoms with Gasteiger partial charge in [0.2, 0.25) is 5.91 Å². The van der Waals surface area contributed by atoms with Gasteiger partial charge in [-0.25, -0.2) is 0 Å². The zero-order chi connectivity index (χ0) is 12.8. The molecule has 0 bridgehead atoms. The van der Waals surface area contributed by atoms with Gasteiger partial charge in [0.05, 0.1) is 13.2 Å². The minimum atomic E-state index is 0.224. The topological polar surface area (TPSA) is 53.6 Å². The summed E-state index contributed by atoms with van der Waals surface area (Å²) in [6.07, 6.45) is 2.74. The van der Waals surface area contributed by atoms with Gasteiger partial charge in [-0.2, -0.15) is 0 Å². The van der Waals surface area contributed by atoms with Crippen LogP contribution in [0.3, 0.4) is 0 Å². The molecule has 0 aromatic rings. The van der Waals surface area contributed by atoms with Gasteiger partial charge in [0.15, 0.2) is 0 Å². The van der Waals surface area contributed by atoms with E-state index in [0.29, 0.717) is 19.6 Å². The van der Waals surface area contributed by atoms with Crippen molar-refractivity contribution in [1.29, 1.82) is 0 Å². The van der Waals surface area contributed by atoms with Crippen LogP contribution in [0.1, 0.15) is 26.2 Å². The third-order valence-electron chi connectivity index (χ3n) is 3.85. The first-order valence-corrected chi connectivity index (χ1v) is 7.01. The maximum Gasteiger partial charge on any atom is 0.222 e. The van der Waals surface area contributed by atoms with Crippen molar-refractivity contribution < 1.29 is 9.53 Å². The molecule has 2 fully saturated rings. The van der Waals surface area contributed by atoms with Crippen LogP contribution in [0.5, 0.6) is 0 Å². The lowest BCUT2D eigenvalue weighted by Gasteiger charge is -2.27. The maximum absolute atomic E-state index is 11.9. The van der Waals surface area contributed by atoms with Crippen LogP contribution in [-0.2, 0) is 9.53 Å². The van der Waals surface area contributed by atoms with Crippen LogP contribution in [0.4, 0.5) is 0 Å². The zero-order valence-electron chi connectivity index (χ0n) is 11.3. The zero-order valence-corrected chi connectivity index (χ0v) is 11.3. The van der Waals surface area contributed by atoms with E-state index in [1.165, 1.54) is 6.42 Å². The second-order valence-corrected chi connectivity index (χ2v) is 5.51. The third kappa shape index (κ3) is 3.93. The van der Waals surface area contributed by atoms with Crippen LogP contribution < -0.4 is 10.6 Å². The molecule has 0 aromatic heterocycles. The summed E-state index contributed by atoms with van der Waals surface area (Å²) < 4.78 is 5.24. The van der Waals surface area contributed by atoms with Gasteiger partial charge < -0.3 is 20.3 Å². The van der Waals surface area contributed by atoms with Crippen LogP contribution in [0.15, 0.2) is 0 Å². The molecule has 0 saturated carbocycles. The molecule has 0 aliphatic carbocycles. The largest absolute Gasteiger partial charge is 0.378 e. The third-order valence-corrected chi connectivity index (χ3v) is 3.85. The molecule has 2 rings (SSSR count). The molecule has 2 aliphatic heterocycles. The van der Waals surface area contributed by atoms with E-state index in [4.69, 9.17) is 4.74 Å². The highest BCUT2D eigenvalue weighted by Crippen LogP contribution is 2.13. The first kappa shape index (κ1) is 13.8. The van der Waals surface area contributed by atoms with E-state index in [1.807, 2.05) is 4.90 Å². The molecule has 1 atom stereocenters. The number of hydrogen-bond donors (Lipinski definition) is 2. The lowest BCUT2D eigenvalue weighted by atomic mass is 10.0. The maximum atomic E-state index is 11.9. The van der Waals surface area contributed by atoms with E-state index >= 15 is 0 Å². The van der Waals surface area contributed by atoms with Crippen molar-refractivity contribution in [1.82, 2.24) is 15.5 Å². The molecule has 0 spiro atoms. The Bertz CT molecular complexity index is 271. The summed E-state index contributed by atoms with van der Waals surface area (Å²) in [5.41, 5.74) is 0.224. The van der Waals surface area contributed by atoms with E-state index in [1.54, 1.807) is 0 Å². The fraction of sp³-hybridized carbons (Fsp3) is 0.923. The summed E-state index contributed by atoms with van der Waals surface area (Å²) in [5.74, 6) is 0.273. The number of nitrogens with one attached hydrogen (secondary N) is 2. The van der Waals surface area contributed by atoms with Gasteiger partial charge in [-0.3, -0.25) is 4.79 Å². The fourth-order valence-electron chi connectivity index (χ4n) is 2.57. The number of rotatable bonds is 5. The highest BCUT2D eigenvalue weighted by molar-refractivity contribution is 5.76. The average molecular weight is 255 g/mol. The minimum absolute atomic E-state index is 0.224. The Morgan fingerprint density at radius 2 is 2.22 bits per heavy atom. The molecule has 0 radical (unpaired) electrons. The SMILES string of the molecule is CC1(NCCCC(=O)N2CCOCC2)CCNC1. The molecule has 104 valence electrons. The van der Waals surface area contributed by atoms with Crippen LogP contribution in [0.2, 0.25) is 0 Å². The molecule has 5 nitrogen and oxygen atoms in total. The van der Waals surface area contributed by atoms with E-state index in [2.05, 4.69) is 17.6 Å². The second-order valence-electron chi connectivity index (χ2n) is 5.51. The van der Waals surface area contributed by atoms with Crippen LogP contribution in [0.25, 0.3) is 0 Å². The second kappa shape index (κ2) is 6.50. The van der Waals surface area contributed by atoms with E-state index in [9.17, 15) is 4.79 Å². The van der Waals surface area contributed by atoms with Gasteiger partial charge in [-0.15, -0.1) is 0 Å². The normalized spacial score (nSPS) is 28.6. The molecule has 18 heavy (non-hydrogen) atoms. The van der Waals surface area contributed by atoms with Crippen LogP contribution in [-0.4, -0.2) is 62.3 Å².